The third-order valence-electron chi connectivity index (χ3n) is 2.61. The second kappa shape index (κ2) is 9.22. The zero-order chi connectivity index (χ0) is 12.4. The summed E-state index contributed by atoms with van der Waals surface area (Å²) in [6, 6.07) is 8.14. The van der Waals surface area contributed by atoms with Crippen LogP contribution in [0.25, 0.3) is 0 Å². The molecule has 1 aromatic rings. The Kier molecular flexibility index (Phi) is 8.64. The van der Waals surface area contributed by atoms with Crippen molar-refractivity contribution in [3.05, 3.63) is 29.8 Å². The molecule has 1 atom stereocenters. The summed E-state index contributed by atoms with van der Waals surface area (Å²) in [4.78, 5) is 0. The fourth-order valence-corrected chi connectivity index (χ4v) is 1.58. The smallest absolute Gasteiger partial charge is 0.122 e. The van der Waals surface area contributed by atoms with Gasteiger partial charge in [0, 0.05) is 0 Å². The summed E-state index contributed by atoms with van der Waals surface area (Å²) in [7, 11) is 1.71. The number of para-hydroxylation sites is 1. The SMILES string of the molecule is CC.CCC(CN)Cc1ccccc1OC. The highest BCUT2D eigenvalue weighted by atomic mass is 16.5. The predicted octanol–water partition coefficient (Wildman–Crippen LogP) is 3.25. The van der Waals surface area contributed by atoms with E-state index in [1.807, 2.05) is 32.0 Å². The van der Waals surface area contributed by atoms with E-state index in [2.05, 4.69) is 13.0 Å². The van der Waals surface area contributed by atoms with E-state index in [1.165, 1.54) is 5.56 Å². The van der Waals surface area contributed by atoms with Crippen molar-refractivity contribution >= 4 is 0 Å². The summed E-state index contributed by atoms with van der Waals surface area (Å²) in [5.74, 6) is 1.53. The van der Waals surface area contributed by atoms with Crippen LogP contribution in [-0.2, 0) is 6.42 Å². The largest absolute Gasteiger partial charge is 0.496 e. The zero-order valence-corrected chi connectivity index (χ0v) is 11.0. The molecule has 0 amide bonds. The van der Waals surface area contributed by atoms with Gasteiger partial charge in [-0.2, -0.15) is 0 Å². The summed E-state index contributed by atoms with van der Waals surface area (Å²) >= 11 is 0. The minimum Gasteiger partial charge on any atom is -0.496 e. The van der Waals surface area contributed by atoms with Crippen LogP contribution in [0.3, 0.4) is 0 Å². The Labute approximate surface area is 99.8 Å². The molecule has 1 unspecified atom stereocenters. The average Bonchev–Trinajstić information content (AvgIpc) is 2.38. The summed E-state index contributed by atoms with van der Waals surface area (Å²) in [6.07, 6.45) is 2.13. The number of hydrogen-bond donors (Lipinski definition) is 1. The van der Waals surface area contributed by atoms with Gasteiger partial charge in [-0.15, -0.1) is 0 Å². The van der Waals surface area contributed by atoms with Gasteiger partial charge in [0.2, 0.25) is 0 Å². The number of benzene rings is 1. The lowest BCUT2D eigenvalue weighted by molar-refractivity contribution is 0.403. The molecule has 0 aliphatic carbocycles. The van der Waals surface area contributed by atoms with Crippen molar-refractivity contribution in [2.45, 2.75) is 33.6 Å². The molecule has 0 bridgehead atoms. The van der Waals surface area contributed by atoms with E-state index in [4.69, 9.17) is 10.5 Å². The molecule has 0 fully saturated rings. The van der Waals surface area contributed by atoms with Gasteiger partial charge in [0.05, 0.1) is 7.11 Å². The molecule has 1 aromatic carbocycles. The fraction of sp³-hybridized carbons (Fsp3) is 0.571. The second-order valence-corrected chi connectivity index (χ2v) is 3.53. The Morgan fingerprint density at radius 3 is 2.38 bits per heavy atom. The van der Waals surface area contributed by atoms with Gasteiger partial charge in [0.25, 0.3) is 0 Å². The molecule has 0 saturated heterocycles. The average molecular weight is 223 g/mol. The molecular weight excluding hydrogens is 198 g/mol. The Hall–Kier alpha value is -1.02. The van der Waals surface area contributed by atoms with Crippen LogP contribution in [0.1, 0.15) is 32.8 Å². The Balaban J connectivity index is 0.00000106. The van der Waals surface area contributed by atoms with Gasteiger partial charge in [-0.1, -0.05) is 45.4 Å². The van der Waals surface area contributed by atoms with Crippen LogP contribution in [0.4, 0.5) is 0 Å². The molecule has 0 aliphatic rings. The van der Waals surface area contributed by atoms with Crippen LogP contribution < -0.4 is 10.5 Å². The van der Waals surface area contributed by atoms with Crippen LogP contribution in [-0.4, -0.2) is 13.7 Å². The standard InChI is InChI=1S/C12H19NO.C2H6/c1-3-10(9-13)8-11-6-4-5-7-12(11)14-2;1-2/h4-7,10H,3,8-9,13H2,1-2H3;1-2H3. The van der Waals surface area contributed by atoms with Gasteiger partial charge in [0.1, 0.15) is 5.75 Å². The van der Waals surface area contributed by atoms with Crippen molar-refractivity contribution in [1.82, 2.24) is 0 Å². The number of ether oxygens (including phenoxy) is 1. The molecule has 2 nitrogen and oxygen atoms in total. The maximum absolute atomic E-state index is 5.68. The van der Waals surface area contributed by atoms with Gasteiger partial charge in [-0.25, -0.2) is 0 Å². The molecule has 0 aromatic heterocycles. The highest BCUT2D eigenvalue weighted by molar-refractivity contribution is 5.33. The van der Waals surface area contributed by atoms with Crippen LogP contribution in [0.2, 0.25) is 0 Å². The van der Waals surface area contributed by atoms with Gasteiger partial charge in [-0.05, 0) is 30.5 Å². The molecule has 0 radical (unpaired) electrons. The monoisotopic (exact) mass is 223 g/mol. The lowest BCUT2D eigenvalue weighted by Gasteiger charge is -2.14. The molecule has 16 heavy (non-hydrogen) atoms. The fourth-order valence-electron chi connectivity index (χ4n) is 1.58. The molecule has 1 rings (SSSR count). The van der Waals surface area contributed by atoms with Gasteiger partial charge in [0.15, 0.2) is 0 Å². The van der Waals surface area contributed by atoms with Crippen molar-refractivity contribution in [1.29, 1.82) is 0 Å². The quantitative estimate of drug-likeness (QED) is 0.831. The number of rotatable bonds is 5. The number of hydrogen-bond acceptors (Lipinski definition) is 2. The van der Waals surface area contributed by atoms with E-state index < -0.39 is 0 Å². The van der Waals surface area contributed by atoms with Crippen LogP contribution in [0.15, 0.2) is 24.3 Å². The first kappa shape index (κ1) is 15.0. The van der Waals surface area contributed by atoms with E-state index in [0.29, 0.717) is 5.92 Å². The molecule has 0 aliphatic heterocycles. The Morgan fingerprint density at radius 2 is 1.88 bits per heavy atom. The second-order valence-electron chi connectivity index (χ2n) is 3.53. The molecule has 2 heteroatoms. The minimum absolute atomic E-state index is 0.561. The van der Waals surface area contributed by atoms with Gasteiger partial charge in [-0.3, -0.25) is 0 Å². The number of nitrogens with two attached hydrogens (primary N) is 1. The summed E-state index contributed by atoms with van der Waals surface area (Å²) in [5.41, 5.74) is 6.94. The lowest BCUT2D eigenvalue weighted by Crippen LogP contribution is -2.16. The van der Waals surface area contributed by atoms with Crippen LogP contribution >= 0.6 is 0 Å². The Bertz CT molecular complexity index is 269. The van der Waals surface area contributed by atoms with Crippen molar-refractivity contribution in [3.8, 4) is 5.75 Å². The van der Waals surface area contributed by atoms with Crippen LogP contribution in [0.5, 0.6) is 5.75 Å². The Morgan fingerprint density at radius 1 is 1.25 bits per heavy atom. The third-order valence-corrected chi connectivity index (χ3v) is 2.61. The lowest BCUT2D eigenvalue weighted by atomic mass is 9.96. The summed E-state index contributed by atoms with van der Waals surface area (Å²) in [5, 5.41) is 0. The van der Waals surface area contributed by atoms with E-state index >= 15 is 0 Å². The maximum Gasteiger partial charge on any atom is 0.122 e. The molecule has 2 N–H and O–H groups in total. The highest BCUT2D eigenvalue weighted by Crippen LogP contribution is 2.21. The van der Waals surface area contributed by atoms with Crippen molar-refractivity contribution in [2.75, 3.05) is 13.7 Å². The first-order chi connectivity index (χ1) is 7.81. The third kappa shape index (κ3) is 4.67. The van der Waals surface area contributed by atoms with Gasteiger partial charge >= 0.3 is 0 Å². The molecular formula is C14H25NO. The van der Waals surface area contributed by atoms with Crippen molar-refractivity contribution in [2.24, 2.45) is 11.7 Å². The van der Waals surface area contributed by atoms with Crippen molar-refractivity contribution in [3.63, 3.8) is 0 Å². The van der Waals surface area contributed by atoms with Gasteiger partial charge < -0.3 is 10.5 Å². The molecule has 92 valence electrons. The molecule has 0 saturated carbocycles. The topological polar surface area (TPSA) is 35.2 Å². The number of methoxy groups -OCH3 is 1. The first-order valence-corrected chi connectivity index (χ1v) is 6.13. The molecule has 0 heterocycles. The molecule has 0 spiro atoms. The summed E-state index contributed by atoms with van der Waals surface area (Å²) in [6.45, 7) is 6.92. The maximum atomic E-state index is 5.68. The normalized spacial score (nSPS) is 11.3. The van der Waals surface area contributed by atoms with Crippen molar-refractivity contribution < 1.29 is 4.74 Å². The first-order valence-electron chi connectivity index (χ1n) is 6.13. The highest BCUT2D eigenvalue weighted by Gasteiger charge is 2.08. The minimum atomic E-state index is 0.561. The van der Waals surface area contributed by atoms with Crippen LogP contribution in [0, 0.1) is 5.92 Å². The van der Waals surface area contributed by atoms with E-state index in [9.17, 15) is 0 Å². The zero-order valence-electron chi connectivity index (χ0n) is 11.0. The van der Waals surface area contributed by atoms with E-state index in [1.54, 1.807) is 7.11 Å². The van der Waals surface area contributed by atoms with E-state index in [-0.39, 0.29) is 0 Å². The predicted molar refractivity (Wildman–Crippen MR) is 70.9 cm³/mol. The summed E-state index contributed by atoms with van der Waals surface area (Å²) < 4.78 is 5.29. The van der Waals surface area contributed by atoms with E-state index in [0.717, 1.165) is 25.1 Å².